The largest absolute Gasteiger partial charge is 0.508 e. The van der Waals surface area contributed by atoms with Crippen molar-refractivity contribution in [3.05, 3.63) is 53.3 Å². The number of nitrogens with one attached hydrogen (secondary N) is 1. The lowest BCUT2D eigenvalue weighted by Crippen LogP contribution is -2.51. The molecule has 1 saturated carbocycles. The molecule has 9 heteroatoms. The molecule has 4 atom stereocenters. The van der Waals surface area contributed by atoms with Crippen LogP contribution in [0.2, 0.25) is 5.02 Å². The molecule has 224 valence electrons. The summed E-state index contributed by atoms with van der Waals surface area (Å²) in [6, 6.07) is 14.1. The first-order valence-corrected chi connectivity index (χ1v) is 16.0. The number of nitrogens with zero attached hydrogens (tertiary/aromatic N) is 4. The Morgan fingerprint density at radius 3 is 2.67 bits per heavy atom. The second-order valence-corrected chi connectivity index (χ2v) is 13.6. The second kappa shape index (κ2) is 10.5. The zero-order chi connectivity index (χ0) is 29.3. The summed E-state index contributed by atoms with van der Waals surface area (Å²) in [5, 5.41) is 16.7. The molecule has 4 heterocycles. The van der Waals surface area contributed by atoms with E-state index in [1.54, 1.807) is 18.2 Å². The van der Waals surface area contributed by atoms with E-state index in [9.17, 15) is 5.11 Å². The van der Waals surface area contributed by atoms with Gasteiger partial charge in [0.15, 0.2) is 5.82 Å². The van der Waals surface area contributed by atoms with Crippen molar-refractivity contribution >= 4 is 39.1 Å². The van der Waals surface area contributed by atoms with Gasteiger partial charge in [-0.05, 0) is 86.7 Å². The number of phenols is 1. The van der Waals surface area contributed by atoms with E-state index in [2.05, 4.69) is 22.2 Å². The van der Waals surface area contributed by atoms with Crippen molar-refractivity contribution in [2.24, 2.45) is 5.41 Å². The number of hydrogen-bond acceptors (Lipinski definition) is 7. The van der Waals surface area contributed by atoms with Gasteiger partial charge in [0.1, 0.15) is 17.1 Å². The molecule has 4 fully saturated rings. The molecule has 0 radical (unpaired) electrons. The third-order valence-corrected chi connectivity index (χ3v) is 10.8. The summed E-state index contributed by atoms with van der Waals surface area (Å²) in [4.78, 5) is 14.4. The van der Waals surface area contributed by atoms with Crippen molar-refractivity contribution in [1.29, 1.82) is 0 Å². The van der Waals surface area contributed by atoms with E-state index in [4.69, 9.17) is 26.3 Å². The maximum atomic E-state index is 16.9. The van der Waals surface area contributed by atoms with Crippen LogP contribution >= 0.6 is 11.6 Å². The van der Waals surface area contributed by atoms with Gasteiger partial charge in [-0.1, -0.05) is 42.3 Å². The van der Waals surface area contributed by atoms with Crippen LogP contribution in [0.3, 0.4) is 0 Å². The smallest absolute Gasteiger partial charge is 0.319 e. The molecule has 3 aliphatic heterocycles. The third kappa shape index (κ3) is 4.61. The lowest BCUT2D eigenvalue weighted by molar-refractivity contribution is 0.0133. The van der Waals surface area contributed by atoms with E-state index in [1.807, 2.05) is 24.3 Å². The Balaban J connectivity index is 1.26. The number of anilines is 1. The summed E-state index contributed by atoms with van der Waals surface area (Å²) in [6.45, 7) is 3.22. The maximum Gasteiger partial charge on any atom is 0.319 e. The van der Waals surface area contributed by atoms with Crippen LogP contribution in [0.15, 0.2) is 42.5 Å². The van der Waals surface area contributed by atoms with Crippen molar-refractivity contribution < 1.29 is 14.2 Å². The fraction of sp³-hybridized carbons (Fsp3) is 0.471. The van der Waals surface area contributed by atoms with E-state index in [0.717, 1.165) is 62.5 Å². The standard InChI is InChI=1S/C34H37ClFN5O2/c1-40-13-5-12-34(11-4-8-28(34)40)19-43-33-38-31-26(32(39-33)41-17-21-9-10-22(18-41)37-21)16-27(35)29(30(31)36)25-15-23(42)14-20-6-2-3-7-24(20)25/h2-3,6-7,14-16,21-22,28,37,42H,4-5,8-13,17-19H2,1H3. The topological polar surface area (TPSA) is 73.8 Å². The molecular weight excluding hydrogens is 565 g/mol. The van der Waals surface area contributed by atoms with Gasteiger partial charge < -0.3 is 25.0 Å². The Kier molecular flexibility index (Phi) is 6.65. The minimum absolute atomic E-state index is 0.0516. The number of benzene rings is 3. The zero-order valence-corrected chi connectivity index (χ0v) is 25.2. The molecule has 3 saturated heterocycles. The van der Waals surface area contributed by atoms with Crippen molar-refractivity contribution in [2.45, 2.75) is 63.1 Å². The number of halogens is 2. The number of phenolic OH excluding ortho intramolecular Hbond substituents is 1. The maximum absolute atomic E-state index is 16.9. The van der Waals surface area contributed by atoms with Crippen LogP contribution in [0.1, 0.15) is 44.9 Å². The Morgan fingerprint density at radius 1 is 1.05 bits per heavy atom. The fourth-order valence-corrected chi connectivity index (χ4v) is 8.86. The molecule has 7 nitrogen and oxygen atoms in total. The lowest BCUT2D eigenvalue weighted by Gasteiger charge is -2.44. The summed E-state index contributed by atoms with van der Waals surface area (Å²) in [5.74, 6) is 0.197. The highest BCUT2D eigenvalue weighted by atomic mass is 35.5. The summed E-state index contributed by atoms with van der Waals surface area (Å²) in [7, 11) is 2.22. The first kappa shape index (κ1) is 27.4. The Hall–Kier alpha value is -3.20. The fourth-order valence-electron chi connectivity index (χ4n) is 8.57. The molecule has 4 aromatic rings. The molecule has 2 N–H and O–H groups in total. The first-order chi connectivity index (χ1) is 20.9. The molecular formula is C34H37ClFN5O2. The average molecular weight is 602 g/mol. The van der Waals surface area contributed by atoms with Crippen molar-refractivity contribution in [3.8, 4) is 22.9 Å². The lowest BCUT2D eigenvalue weighted by atomic mass is 9.76. The van der Waals surface area contributed by atoms with Gasteiger partial charge in [0.25, 0.3) is 0 Å². The van der Waals surface area contributed by atoms with Crippen molar-refractivity contribution in [2.75, 3.05) is 38.2 Å². The Labute approximate surface area is 256 Å². The highest BCUT2D eigenvalue weighted by molar-refractivity contribution is 6.35. The van der Waals surface area contributed by atoms with Gasteiger partial charge in [-0.25, -0.2) is 4.39 Å². The number of rotatable bonds is 5. The number of ether oxygens (including phenoxy) is 1. The molecule has 0 spiro atoms. The molecule has 1 aliphatic carbocycles. The minimum Gasteiger partial charge on any atom is -0.508 e. The monoisotopic (exact) mass is 601 g/mol. The molecule has 3 aromatic carbocycles. The molecule has 4 aliphatic rings. The summed E-state index contributed by atoms with van der Waals surface area (Å²) < 4.78 is 23.4. The quantitative estimate of drug-likeness (QED) is 0.269. The number of likely N-dealkylation sites (tertiary alicyclic amines) is 1. The number of hydrogen-bond donors (Lipinski definition) is 2. The third-order valence-electron chi connectivity index (χ3n) is 10.5. The van der Waals surface area contributed by atoms with Crippen LogP contribution in [0, 0.1) is 11.2 Å². The highest BCUT2D eigenvalue weighted by Gasteiger charge is 2.47. The van der Waals surface area contributed by atoms with Gasteiger partial charge in [-0.3, -0.25) is 0 Å². The molecule has 8 rings (SSSR count). The van der Waals surface area contributed by atoms with Crippen LogP contribution in [0.25, 0.3) is 32.8 Å². The van der Waals surface area contributed by atoms with Crippen LogP contribution in [0.5, 0.6) is 11.8 Å². The van der Waals surface area contributed by atoms with E-state index in [-0.39, 0.29) is 33.3 Å². The van der Waals surface area contributed by atoms with E-state index in [0.29, 0.717) is 41.5 Å². The minimum atomic E-state index is -0.529. The van der Waals surface area contributed by atoms with Gasteiger partial charge in [0.2, 0.25) is 0 Å². The number of piperazine rings is 1. The van der Waals surface area contributed by atoms with Gasteiger partial charge in [0, 0.05) is 47.6 Å². The predicted molar refractivity (Wildman–Crippen MR) is 169 cm³/mol. The van der Waals surface area contributed by atoms with Crippen LogP contribution in [0.4, 0.5) is 10.2 Å². The number of piperidine rings is 1. The summed E-state index contributed by atoms with van der Waals surface area (Å²) in [5.41, 5.74) is 1.02. The van der Waals surface area contributed by atoms with Crippen molar-refractivity contribution in [1.82, 2.24) is 20.2 Å². The van der Waals surface area contributed by atoms with E-state index < -0.39 is 5.82 Å². The molecule has 43 heavy (non-hydrogen) atoms. The second-order valence-electron chi connectivity index (χ2n) is 13.2. The normalized spacial score (nSPS) is 27.2. The van der Waals surface area contributed by atoms with E-state index in [1.165, 1.54) is 12.8 Å². The summed E-state index contributed by atoms with van der Waals surface area (Å²) in [6.07, 6.45) is 8.02. The van der Waals surface area contributed by atoms with Gasteiger partial charge in [0.05, 0.1) is 11.6 Å². The molecule has 0 amide bonds. The SMILES string of the molecule is CN1CCCC2(COc3nc(N4CC5CCC(C4)N5)c4cc(Cl)c(-c5cc(O)cc6ccccc56)c(F)c4n3)CCCC12. The predicted octanol–water partition coefficient (Wildman–Crippen LogP) is 6.53. The van der Waals surface area contributed by atoms with Gasteiger partial charge in [-0.15, -0.1) is 0 Å². The van der Waals surface area contributed by atoms with E-state index >= 15 is 4.39 Å². The number of aromatic nitrogens is 2. The number of fused-ring (bicyclic) bond motifs is 5. The molecule has 1 aromatic heterocycles. The van der Waals surface area contributed by atoms with Crippen LogP contribution in [-0.4, -0.2) is 71.4 Å². The van der Waals surface area contributed by atoms with Gasteiger partial charge >= 0.3 is 6.01 Å². The number of aromatic hydroxyl groups is 1. The van der Waals surface area contributed by atoms with Gasteiger partial charge in [-0.2, -0.15) is 9.97 Å². The molecule has 2 bridgehead atoms. The molecule has 4 unspecified atom stereocenters. The first-order valence-electron chi connectivity index (χ1n) is 15.6. The van der Waals surface area contributed by atoms with Crippen molar-refractivity contribution in [3.63, 3.8) is 0 Å². The average Bonchev–Trinajstić information content (AvgIpc) is 3.59. The highest BCUT2D eigenvalue weighted by Crippen LogP contribution is 2.48. The zero-order valence-electron chi connectivity index (χ0n) is 24.5. The van der Waals surface area contributed by atoms with Crippen LogP contribution in [-0.2, 0) is 0 Å². The Morgan fingerprint density at radius 2 is 1.84 bits per heavy atom. The Bertz CT molecular complexity index is 1720. The summed E-state index contributed by atoms with van der Waals surface area (Å²) >= 11 is 6.91. The van der Waals surface area contributed by atoms with Crippen LogP contribution < -0.4 is 15.0 Å².